The molecule has 1 N–H and O–H groups in total. The van der Waals surface area contributed by atoms with E-state index >= 15 is 0 Å². The van der Waals surface area contributed by atoms with Crippen molar-refractivity contribution in [3.8, 4) is 0 Å². The number of aryl methyl sites for hydroxylation is 2. The molecular formula is C15H12F3N3. The summed E-state index contributed by atoms with van der Waals surface area (Å²) >= 11 is 0. The van der Waals surface area contributed by atoms with Gasteiger partial charge in [0.2, 0.25) is 0 Å². The molecule has 0 saturated carbocycles. The fourth-order valence-electron chi connectivity index (χ4n) is 2.17. The van der Waals surface area contributed by atoms with Gasteiger partial charge in [0, 0.05) is 18.8 Å². The van der Waals surface area contributed by atoms with Crippen LogP contribution in [0.2, 0.25) is 0 Å². The molecular weight excluding hydrogens is 279 g/mol. The molecule has 0 fully saturated rings. The van der Waals surface area contributed by atoms with Crippen molar-refractivity contribution < 1.29 is 13.2 Å². The van der Waals surface area contributed by atoms with Gasteiger partial charge in [-0.15, -0.1) is 0 Å². The molecule has 2 heterocycles. The molecule has 0 spiro atoms. The molecule has 3 rings (SSSR count). The van der Waals surface area contributed by atoms with E-state index in [1.165, 1.54) is 6.07 Å². The van der Waals surface area contributed by atoms with Gasteiger partial charge in [-0.2, -0.15) is 13.2 Å². The Balaban J connectivity index is 1.81. The molecule has 0 aliphatic rings. The first-order chi connectivity index (χ1) is 10.0. The quantitative estimate of drug-likeness (QED) is 0.798. The van der Waals surface area contributed by atoms with Gasteiger partial charge >= 0.3 is 6.18 Å². The fourth-order valence-corrected chi connectivity index (χ4v) is 2.17. The summed E-state index contributed by atoms with van der Waals surface area (Å²) in [5.41, 5.74) is 1.35. The molecule has 0 aliphatic heterocycles. The number of rotatable bonds is 3. The van der Waals surface area contributed by atoms with Gasteiger partial charge in [-0.05, 0) is 36.2 Å². The molecule has 0 unspecified atom stereocenters. The second-order valence-electron chi connectivity index (χ2n) is 4.77. The van der Waals surface area contributed by atoms with Crippen LogP contribution < -0.4 is 0 Å². The molecule has 0 bridgehead atoms. The highest BCUT2D eigenvalue weighted by molar-refractivity contribution is 5.76. The first-order valence-electron chi connectivity index (χ1n) is 6.47. The predicted octanol–water partition coefficient (Wildman–Crippen LogP) is 3.76. The molecule has 0 atom stereocenters. The van der Waals surface area contributed by atoms with Gasteiger partial charge in [0.1, 0.15) is 5.82 Å². The van der Waals surface area contributed by atoms with Crippen molar-refractivity contribution in [2.24, 2.45) is 0 Å². The third-order valence-electron chi connectivity index (χ3n) is 3.23. The average Bonchev–Trinajstić information content (AvgIpc) is 2.87. The topological polar surface area (TPSA) is 41.6 Å². The monoisotopic (exact) mass is 291 g/mol. The van der Waals surface area contributed by atoms with E-state index in [4.69, 9.17) is 0 Å². The molecule has 0 aliphatic carbocycles. The number of nitrogens with one attached hydrogen (secondary N) is 1. The van der Waals surface area contributed by atoms with Gasteiger partial charge in [0.05, 0.1) is 16.6 Å². The predicted molar refractivity (Wildman–Crippen MR) is 72.7 cm³/mol. The lowest BCUT2D eigenvalue weighted by atomic mass is 10.1. The second-order valence-corrected chi connectivity index (χ2v) is 4.77. The summed E-state index contributed by atoms with van der Waals surface area (Å²) in [6.07, 6.45) is 0.491. The van der Waals surface area contributed by atoms with Gasteiger partial charge in [-0.1, -0.05) is 6.07 Å². The molecule has 1 aromatic carbocycles. The van der Waals surface area contributed by atoms with Crippen LogP contribution in [0.25, 0.3) is 11.0 Å². The maximum atomic E-state index is 12.7. The smallest absolute Gasteiger partial charge is 0.342 e. The van der Waals surface area contributed by atoms with Crippen molar-refractivity contribution in [3.63, 3.8) is 0 Å². The summed E-state index contributed by atoms with van der Waals surface area (Å²) in [5, 5.41) is 0. The van der Waals surface area contributed by atoms with Gasteiger partial charge < -0.3 is 4.98 Å². The van der Waals surface area contributed by atoms with Gasteiger partial charge in [-0.3, -0.25) is 4.98 Å². The van der Waals surface area contributed by atoms with E-state index in [1.807, 2.05) is 12.1 Å². The van der Waals surface area contributed by atoms with Crippen LogP contribution in [-0.2, 0) is 19.0 Å². The van der Waals surface area contributed by atoms with Crippen molar-refractivity contribution in [3.05, 3.63) is 59.7 Å². The molecule has 3 aromatic rings. The van der Waals surface area contributed by atoms with Crippen molar-refractivity contribution in [1.82, 2.24) is 15.0 Å². The van der Waals surface area contributed by atoms with Crippen LogP contribution in [0.4, 0.5) is 13.2 Å². The Kier molecular flexibility index (Phi) is 3.37. The molecule has 108 valence electrons. The molecule has 21 heavy (non-hydrogen) atoms. The van der Waals surface area contributed by atoms with Gasteiger partial charge in [0.25, 0.3) is 0 Å². The summed E-state index contributed by atoms with van der Waals surface area (Å²) in [7, 11) is 0. The maximum Gasteiger partial charge on any atom is 0.416 e. The van der Waals surface area contributed by atoms with Gasteiger partial charge in [0.15, 0.2) is 0 Å². The number of benzene rings is 1. The largest absolute Gasteiger partial charge is 0.416 e. The number of aromatic nitrogens is 3. The van der Waals surface area contributed by atoms with E-state index in [2.05, 4.69) is 15.0 Å². The molecule has 0 saturated heterocycles. The van der Waals surface area contributed by atoms with E-state index in [-0.39, 0.29) is 0 Å². The van der Waals surface area contributed by atoms with Crippen LogP contribution in [0.5, 0.6) is 0 Å². The number of pyridine rings is 1. The lowest BCUT2D eigenvalue weighted by Crippen LogP contribution is -2.04. The minimum absolute atomic E-state index is 0.408. The van der Waals surface area contributed by atoms with Crippen LogP contribution in [0, 0.1) is 0 Å². The summed E-state index contributed by atoms with van der Waals surface area (Å²) in [6, 6.07) is 7.34. The van der Waals surface area contributed by atoms with Crippen molar-refractivity contribution in [2.45, 2.75) is 19.0 Å². The van der Waals surface area contributed by atoms with Crippen LogP contribution >= 0.6 is 0 Å². The standard InChI is InChI=1S/C15H12F3N3/c16-15(17,18)11-4-5-12-13(8-11)21-14(20-12)6-3-10-2-1-7-19-9-10/h1-2,4-5,7-9H,3,6H2,(H,20,21). The second kappa shape index (κ2) is 5.20. The average molecular weight is 291 g/mol. The Morgan fingerprint density at radius 1 is 1.10 bits per heavy atom. The van der Waals surface area contributed by atoms with Crippen molar-refractivity contribution in [2.75, 3.05) is 0 Å². The lowest BCUT2D eigenvalue weighted by Gasteiger charge is -2.05. The SMILES string of the molecule is FC(F)(F)c1ccc2nc(CCc3cccnc3)[nH]c2c1. The van der Waals surface area contributed by atoms with Gasteiger partial charge in [-0.25, -0.2) is 4.98 Å². The number of hydrogen-bond donors (Lipinski definition) is 1. The Labute approximate surface area is 118 Å². The molecule has 2 aromatic heterocycles. The zero-order chi connectivity index (χ0) is 14.9. The number of nitrogens with zero attached hydrogens (tertiary/aromatic N) is 2. The van der Waals surface area contributed by atoms with Crippen molar-refractivity contribution >= 4 is 11.0 Å². The zero-order valence-corrected chi connectivity index (χ0v) is 11.0. The highest BCUT2D eigenvalue weighted by atomic mass is 19.4. The Hall–Kier alpha value is -2.37. The first kappa shape index (κ1) is 13.6. The van der Waals surface area contributed by atoms with Crippen LogP contribution in [-0.4, -0.2) is 15.0 Å². The number of aromatic amines is 1. The Morgan fingerprint density at radius 3 is 2.67 bits per heavy atom. The lowest BCUT2D eigenvalue weighted by molar-refractivity contribution is -0.137. The minimum atomic E-state index is -4.34. The number of H-pyrrole nitrogens is 1. The van der Waals surface area contributed by atoms with E-state index < -0.39 is 11.7 Å². The van der Waals surface area contributed by atoms with Crippen molar-refractivity contribution in [1.29, 1.82) is 0 Å². The van der Waals surface area contributed by atoms with E-state index in [1.54, 1.807) is 12.4 Å². The number of halogens is 3. The summed E-state index contributed by atoms with van der Waals surface area (Å²) < 4.78 is 38.0. The summed E-state index contributed by atoms with van der Waals surface area (Å²) in [5.74, 6) is 0.674. The van der Waals surface area contributed by atoms with E-state index in [0.29, 0.717) is 23.3 Å². The van der Waals surface area contributed by atoms with E-state index in [9.17, 15) is 13.2 Å². The third-order valence-corrected chi connectivity index (χ3v) is 3.23. The maximum absolute atomic E-state index is 12.7. The number of alkyl halides is 3. The molecule has 0 amide bonds. The summed E-state index contributed by atoms with van der Waals surface area (Å²) in [6.45, 7) is 0. The van der Waals surface area contributed by atoms with Crippen LogP contribution in [0.15, 0.2) is 42.7 Å². The molecule has 6 heteroatoms. The number of hydrogen-bond acceptors (Lipinski definition) is 2. The zero-order valence-electron chi connectivity index (χ0n) is 11.0. The first-order valence-corrected chi connectivity index (χ1v) is 6.47. The summed E-state index contributed by atoms with van der Waals surface area (Å²) in [4.78, 5) is 11.3. The minimum Gasteiger partial charge on any atom is -0.342 e. The van der Waals surface area contributed by atoms with Crippen LogP contribution in [0.3, 0.4) is 0 Å². The third kappa shape index (κ3) is 3.04. The molecule has 3 nitrogen and oxygen atoms in total. The Bertz CT molecular complexity index is 748. The fraction of sp³-hybridized carbons (Fsp3) is 0.200. The van der Waals surface area contributed by atoms with E-state index in [0.717, 1.165) is 24.1 Å². The normalized spacial score (nSPS) is 12.0. The van der Waals surface area contributed by atoms with Crippen LogP contribution in [0.1, 0.15) is 17.0 Å². The Morgan fingerprint density at radius 2 is 1.95 bits per heavy atom. The number of fused-ring (bicyclic) bond motifs is 1. The molecule has 0 radical (unpaired) electrons. The highest BCUT2D eigenvalue weighted by Gasteiger charge is 2.30. The highest BCUT2D eigenvalue weighted by Crippen LogP contribution is 2.30. The number of imidazole rings is 1.